The number of nitrogens with one attached hydrogen (secondary N) is 1. The maximum atomic E-state index is 6.22. The highest BCUT2D eigenvalue weighted by Crippen LogP contribution is 2.33. The van der Waals surface area contributed by atoms with E-state index >= 15 is 0 Å². The quantitative estimate of drug-likeness (QED) is 0.820. The van der Waals surface area contributed by atoms with Gasteiger partial charge in [-0.25, -0.2) is 0 Å². The number of aryl methyl sites for hydroxylation is 1. The van der Waals surface area contributed by atoms with Gasteiger partial charge in [0.15, 0.2) is 0 Å². The molecule has 0 atom stereocenters. The van der Waals surface area contributed by atoms with Crippen LogP contribution in [0.3, 0.4) is 0 Å². The number of rotatable bonds is 5. The Hall–Kier alpha value is -1.10. The Balaban J connectivity index is 1.83. The van der Waals surface area contributed by atoms with Crippen LogP contribution in [0.1, 0.15) is 24.1 Å². The molecule has 0 bridgehead atoms. The van der Waals surface area contributed by atoms with Crippen molar-refractivity contribution in [2.75, 3.05) is 0 Å². The van der Waals surface area contributed by atoms with Gasteiger partial charge in [-0.15, -0.1) is 0 Å². The van der Waals surface area contributed by atoms with Crippen molar-refractivity contribution in [2.45, 2.75) is 32.4 Å². The van der Waals surface area contributed by atoms with Gasteiger partial charge in [0.05, 0.1) is 5.02 Å². The maximum Gasteiger partial charge on any atom is 0.146 e. The molecule has 3 rings (SSSR count). The van der Waals surface area contributed by atoms with E-state index in [4.69, 9.17) is 16.3 Å². The van der Waals surface area contributed by atoms with E-state index in [1.54, 1.807) is 0 Å². The van der Waals surface area contributed by atoms with Gasteiger partial charge in [0.2, 0.25) is 0 Å². The van der Waals surface area contributed by atoms with Gasteiger partial charge in [-0.05, 0) is 38.0 Å². The fourth-order valence-corrected chi connectivity index (χ4v) is 2.72. The van der Waals surface area contributed by atoms with Gasteiger partial charge >= 0.3 is 0 Å². The molecule has 1 aromatic heterocycles. The number of halogens is 2. The van der Waals surface area contributed by atoms with E-state index in [1.165, 1.54) is 12.8 Å². The third kappa shape index (κ3) is 3.96. The van der Waals surface area contributed by atoms with Crippen LogP contribution in [0.25, 0.3) is 0 Å². The Morgan fingerprint density at radius 2 is 2.14 bits per heavy atom. The van der Waals surface area contributed by atoms with Crippen molar-refractivity contribution in [1.29, 1.82) is 0 Å². The second-order valence-corrected chi connectivity index (χ2v) is 6.59. The first kappa shape index (κ1) is 14.8. The zero-order chi connectivity index (χ0) is 14.8. The number of aromatic nitrogens is 1. The Kier molecular flexibility index (Phi) is 4.48. The predicted molar refractivity (Wildman–Crippen MR) is 88.1 cm³/mol. The van der Waals surface area contributed by atoms with Gasteiger partial charge in [-0.3, -0.25) is 4.98 Å². The number of hydrogen-bond acceptors (Lipinski definition) is 3. The molecule has 1 aliphatic carbocycles. The van der Waals surface area contributed by atoms with E-state index in [2.05, 4.69) is 26.2 Å². The highest BCUT2D eigenvalue weighted by Gasteiger charge is 2.21. The van der Waals surface area contributed by atoms with Gasteiger partial charge < -0.3 is 10.1 Å². The first-order valence-corrected chi connectivity index (χ1v) is 8.11. The predicted octanol–water partition coefficient (Wildman–Crippen LogP) is 4.85. The summed E-state index contributed by atoms with van der Waals surface area (Å²) in [6.45, 7) is 2.72. The Morgan fingerprint density at radius 3 is 2.86 bits per heavy atom. The van der Waals surface area contributed by atoms with Crippen LogP contribution >= 0.6 is 27.5 Å². The summed E-state index contributed by atoms with van der Waals surface area (Å²) in [6, 6.07) is 8.20. The lowest BCUT2D eigenvalue weighted by Gasteiger charge is -2.13. The molecule has 1 aliphatic rings. The molecule has 0 aliphatic heterocycles. The summed E-state index contributed by atoms with van der Waals surface area (Å²) in [5, 5.41) is 4.07. The lowest BCUT2D eigenvalue weighted by molar-refractivity contribution is 0.471. The van der Waals surface area contributed by atoms with Gasteiger partial charge in [0.25, 0.3) is 0 Å². The molecule has 2 aromatic rings. The highest BCUT2D eigenvalue weighted by atomic mass is 79.9. The third-order valence-electron chi connectivity index (χ3n) is 3.35. The van der Waals surface area contributed by atoms with Crippen molar-refractivity contribution < 1.29 is 4.74 Å². The molecule has 3 nitrogen and oxygen atoms in total. The van der Waals surface area contributed by atoms with Gasteiger partial charge in [-0.1, -0.05) is 27.5 Å². The van der Waals surface area contributed by atoms with Gasteiger partial charge in [0, 0.05) is 40.6 Å². The summed E-state index contributed by atoms with van der Waals surface area (Å²) in [7, 11) is 0. The summed E-state index contributed by atoms with van der Waals surface area (Å²) < 4.78 is 6.93. The molecule has 0 radical (unpaired) electrons. The van der Waals surface area contributed by atoms with E-state index in [9.17, 15) is 0 Å². The molecular formula is C16H16BrClN2O. The first-order chi connectivity index (χ1) is 10.1. The molecule has 1 N–H and O–H groups in total. The van der Waals surface area contributed by atoms with E-state index in [1.807, 2.05) is 37.4 Å². The van der Waals surface area contributed by atoms with Crippen LogP contribution < -0.4 is 10.1 Å². The molecule has 110 valence electrons. The summed E-state index contributed by atoms with van der Waals surface area (Å²) >= 11 is 9.62. The lowest BCUT2D eigenvalue weighted by atomic mass is 10.2. The molecule has 0 amide bonds. The van der Waals surface area contributed by atoms with Crippen LogP contribution in [0, 0.1) is 6.92 Å². The van der Waals surface area contributed by atoms with Crippen LogP contribution in [0.2, 0.25) is 5.02 Å². The number of pyridine rings is 1. The minimum absolute atomic E-state index is 0.583. The van der Waals surface area contributed by atoms with E-state index in [0.29, 0.717) is 16.8 Å². The minimum Gasteiger partial charge on any atom is -0.455 e. The molecule has 1 fully saturated rings. The average Bonchev–Trinajstić information content (AvgIpc) is 3.25. The zero-order valence-corrected chi connectivity index (χ0v) is 14.0. The highest BCUT2D eigenvalue weighted by molar-refractivity contribution is 9.10. The second kappa shape index (κ2) is 6.34. The number of nitrogens with zero attached hydrogens (tertiary/aromatic N) is 1. The monoisotopic (exact) mass is 366 g/mol. The van der Waals surface area contributed by atoms with Crippen LogP contribution in [-0.4, -0.2) is 11.0 Å². The Labute approximate surface area is 137 Å². The van der Waals surface area contributed by atoms with Crippen molar-refractivity contribution in [3.8, 4) is 11.5 Å². The topological polar surface area (TPSA) is 34.1 Å². The lowest BCUT2D eigenvalue weighted by Crippen LogP contribution is -2.16. The molecule has 0 spiro atoms. The summed E-state index contributed by atoms with van der Waals surface area (Å²) in [5.41, 5.74) is 1.97. The summed E-state index contributed by atoms with van der Waals surface area (Å²) in [5.74, 6) is 1.46. The normalized spacial score (nSPS) is 14.2. The summed E-state index contributed by atoms with van der Waals surface area (Å²) in [4.78, 5) is 4.36. The smallest absolute Gasteiger partial charge is 0.146 e. The molecular weight excluding hydrogens is 352 g/mol. The number of hydrogen-bond donors (Lipinski definition) is 1. The van der Waals surface area contributed by atoms with Gasteiger partial charge in [0.1, 0.15) is 11.5 Å². The van der Waals surface area contributed by atoms with E-state index in [-0.39, 0.29) is 0 Å². The number of benzene rings is 1. The van der Waals surface area contributed by atoms with E-state index < -0.39 is 0 Å². The molecule has 1 heterocycles. The first-order valence-electron chi connectivity index (χ1n) is 6.93. The fraction of sp³-hybridized carbons (Fsp3) is 0.312. The minimum atomic E-state index is 0.583. The molecule has 0 saturated heterocycles. The Bertz CT molecular complexity index is 659. The second-order valence-electron chi connectivity index (χ2n) is 5.27. The van der Waals surface area contributed by atoms with Crippen LogP contribution in [0.15, 0.2) is 34.9 Å². The van der Waals surface area contributed by atoms with Crippen molar-refractivity contribution in [2.24, 2.45) is 0 Å². The van der Waals surface area contributed by atoms with Crippen molar-refractivity contribution in [3.63, 3.8) is 0 Å². The van der Waals surface area contributed by atoms with E-state index in [0.717, 1.165) is 28.0 Å². The molecule has 5 heteroatoms. The molecule has 0 unspecified atom stereocenters. The standard InChI is InChI=1S/C16H16BrClN2O/c1-10-6-16(11(8-19-10)9-20-13-3-4-13)21-15-5-2-12(17)7-14(15)18/h2,5-8,13,20H,3-4,9H2,1H3. The van der Waals surface area contributed by atoms with Gasteiger partial charge in [-0.2, -0.15) is 0 Å². The number of ether oxygens (including phenoxy) is 1. The maximum absolute atomic E-state index is 6.22. The van der Waals surface area contributed by atoms with Crippen molar-refractivity contribution >= 4 is 27.5 Å². The van der Waals surface area contributed by atoms with Crippen LogP contribution in [0.5, 0.6) is 11.5 Å². The average molecular weight is 368 g/mol. The van der Waals surface area contributed by atoms with Crippen LogP contribution in [0.4, 0.5) is 0 Å². The Morgan fingerprint density at radius 1 is 1.33 bits per heavy atom. The molecule has 1 saturated carbocycles. The summed E-state index contributed by atoms with van der Waals surface area (Å²) in [6.07, 6.45) is 4.38. The van der Waals surface area contributed by atoms with Crippen molar-refractivity contribution in [1.82, 2.24) is 10.3 Å². The largest absolute Gasteiger partial charge is 0.455 e. The third-order valence-corrected chi connectivity index (χ3v) is 4.14. The fourth-order valence-electron chi connectivity index (χ4n) is 2.01. The van der Waals surface area contributed by atoms with Crippen molar-refractivity contribution in [3.05, 3.63) is 51.2 Å². The van der Waals surface area contributed by atoms with Crippen LogP contribution in [-0.2, 0) is 6.54 Å². The molecule has 1 aromatic carbocycles. The zero-order valence-electron chi connectivity index (χ0n) is 11.7. The molecule has 21 heavy (non-hydrogen) atoms. The SMILES string of the molecule is Cc1cc(Oc2ccc(Br)cc2Cl)c(CNC2CC2)cn1.